The third-order valence-corrected chi connectivity index (χ3v) is 5.44. The molecule has 3 aromatic rings. The monoisotopic (exact) mass is 457 g/mol. The normalized spacial score (nSPS) is 12.9. The molecule has 0 spiro atoms. The maximum absolute atomic E-state index is 10.3. The Balaban J connectivity index is 1.38. The van der Waals surface area contributed by atoms with Crippen LogP contribution in [0.15, 0.2) is 77.7 Å². The molecule has 0 saturated carbocycles. The summed E-state index contributed by atoms with van der Waals surface area (Å²) >= 11 is 10.4. The molecular weight excluding hydrogens is 430 g/mol. The summed E-state index contributed by atoms with van der Waals surface area (Å²) in [4.78, 5) is 0.815. The summed E-state index contributed by atoms with van der Waals surface area (Å²) in [6.45, 7) is 3.49. The van der Waals surface area contributed by atoms with Crippen molar-refractivity contribution in [3.63, 3.8) is 0 Å². The first-order valence-electron chi connectivity index (χ1n) is 10.3. The zero-order valence-corrected chi connectivity index (χ0v) is 19.2. The van der Waals surface area contributed by atoms with Gasteiger partial charge in [0.25, 0.3) is 0 Å². The lowest BCUT2D eigenvalue weighted by molar-refractivity contribution is 0.170. The van der Waals surface area contributed by atoms with Crippen LogP contribution in [0, 0.1) is 0 Å². The van der Waals surface area contributed by atoms with E-state index in [1.165, 1.54) is 5.56 Å². The van der Waals surface area contributed by atoms with Gasteiger partial charge in [-0.15, -0.1) is 12.6 Å². The van der Waals surface area contributed by atoms with Gasteiger partial charge in [-0.25, -0.2) is 0 Å². The number of aliphatic hydroxyl groups is 1. The van der Waals surface area contributed by atoms with E-state index in [-0.39, 0.29) is 6.04 Å². The smallest absolute Gasteiger partial charge is 0.132 e. The zero-order chi connectivity index (χ0) is 22.1. The van der Waals surface area contributed by atoms with Crippen molar-refractivity contribution in [1.82, 2.24) is 5.32 Å². The molecule has 2 atom stereocenters. The molecule has 0 aliphatic rings. The van der Waals surface area contributed by atoms with E-state index in [0.29, 0.717) is 24.8 Å². The SMILES string of the molecule is CC(Cc1ccc(OCCOc2ccccc2S)cc1)NCC(O)c1cccc(Cl)c1. The first kappa shape index (κ1) is 23.5. The van der Waals surface area contributed by atoms with Gasteiger partial charge in [-0.2, -0.15) is 0 Å². The third kappa shape index (κ3) is 7.78. The summed E-state index contributed by atoms with van der Waals surface area (Å²) in [5.41, 5.74) is 2.01. The molecule has 3 rings (SSSR count). The van der Waals surface area contributed by atoms with Gasteiger partial charge in [0.05, 0.1) is 6.10 Å². The highest BCUT2D eigenvalue weighted by Crippen LogP contribution is 2.21. The second-order valence-electron chi connectivity index (χ2n) is 7.39. The van der Waals surface area contributed by atoms with Crippen LogP contribution in [0.2, 0.25) is 5.02 Å². The molecule has 0 amide bonds. The number of benzene rings is 3. The Labute approximate surface area is 194 Å². The maximum Gasteiger partial charge on any atom is 0.132 e. The van der Waals surface area contributed by atoms with Crippen LogP contribution in [-0.4, -0.2) is 30.9 Å². The van der Waals surface area contributed by atoms with Crippen molar-refractivity contribution in [3.05, 3.63) is 88.9 Å². The van der Waals surface area contributed by atoms with Crippen molar-refractivity contribution < 1.29 is 14.6 Å². The molecule has 6 heteroatoms. The van der Waals surface area contributed by atoms with Crippen molar-refractivity contribution in [1.29, 1.82) is 0 Å². The summed E-state index contributed by atoms with van der Waals surface area (Å²) < 4.78 is 11.4. The topological polar surface area (TPSA) is 50.7 Å². The second-order valence-corrected chi connectivity index (χ2v) is 8.31. The molecule has 0 fully saturated rings. The molecule has 0 radical (unpaired) electrons. The van der Waals surface area contributed by atoms with Gasteiger partial charge in [0.2, 0.25) is 0 Å². The third-order valence-electron chi connectivity index (χ3n) is 4.83. The quantitative estimate of drug-likeness (QED) is 0.268. The van der Waals surface area contributed by atoms with Crippen molar-refractivity contribution in [2.75, 3.05) is 19.8 Å². The standard InChI is InChI=1S/C25H28ClNO3S/c1-18(27-17-23(28)20-5-4-6-21(26)16-20)15-19-9-11-22(12-10-19)29-13-14-30-24-7-2-3-8-25(24)31/h2-12,16,18,23,27-28,31H,13-15,17H2,1H3. The maximum atomic E-state index is 10.3. The Morgan fingerprint density at radius 1 is 0.968 bits per heavy atom. The molecule has 0 heterocycles. The molecule has 0 aromatic heterocycles. The molecule has 31 heavy (non-hydrogen) atoms. The molecule has 2 unspecified atom stereocenters. The van der Waals surface area contributed by atoms with Gasteiger partial charge in [0.1, 0.15) is 24.7 Å². The fourth-order valence-corrected chi connectivity index (χ4v) is 3.61. The predicted octanol–water partition coefficient (Wildman–Crippen LogP) is 5.34. The molecule has 0 aliphatic carbocycles. The second kappa shape index (κ2) is 12.0. The lowest BCUT2D eigenvalue weighted by Crippen LogP contribution is -2.32. The Kier molecular flexibility index (Phi) is 9.10. The van der Waals surface area contributed by atoms with Crippen LogP contribution >= 0.6 is 24.2 Å². The Morgan fingerprint density at radius 2 is 1.71 bits per heavy atom. The van der Waals surface area contributed by atoms with E-state index < -0.39 is 6.10 Å². The molecule has 0 aliphatic heterocycles. The number of aliphatic hydroxyl groups excluding tert-OH is 1. The molecule has 0 saturated heterocycles. The summed E-state index contributed by atoms with van der Waals surface area (Å²) in [5.74, 6) is 1.57. The largest absolute Gasteiger partial charge is 0.490 e. The summed E-state index contributed by atoms with van der Waals surface area (Å²) in [6, 6.07) is 23.2. The van der Waals surface area contributed by atoms with E-state index >= 15 is 0 Å². The van der Waals surface area contributed by atoms with Crippen LogP contribution in [-0.2, 0) is 6.42 Å². The summed E-state index contributed by atoms with van der Waals surface area (Å²) in [5, 5.41) is 14.3. The van der Waals surface area contributed by atoms with Gasteiger partial charge in [0.15, 0.2) is 0 Å². The number of hydrogen-bond donors (Lipinski definition) is 3. The van der Waals surface area contributed by atoms with E-state index in [1.807, 2.05) is 48.5 Å². The van der Waals surface area contributed by atoms with Crippen LogP contribution < -0.4 is 14.8 Å². The Morgan fingerprint density at radius 3 is 2.45 bits per heavy atom. The lowest BCUT2D eigenvalue weighted by Gasteiger charge is -2.18. The average Bonchev–Trinajstić information content (AvgIpc) is 2.77. The number of nitrogens with one attached hydrogen (secondary N) is 1. The minimum Gasteiger partial charge on any atom is -0.490 e. The van der Waals surface area contributed by atoms with E-state index in [2.05, 4.69) is 37.0 Å². The lowest BCUT2D eigenvalue weighted by atomic mass is 10.1. The van der Waals surface area contributed by atoms with Crippen LogP contribution in [0.4, 0.5) is 0 Å². The zero-order valence-electron chi connectivity index (χ0n) is 17.5. The van der Waals surface area contributed by atoms with Crippen LogP contribution in [0.3, 0.4) is 0 Å². The van der Waals surface area contributed by atoms with Gasteiger partial charge in [-0.3, -0.25) is 0 Å². The van der Waals surface area contributed by atoms with Crippen molar-refractivity contribution >= 4 is 24.2 Å². The summed E-state index contributed by atoms with van der Waals surface area (Å²) in [6.07, 6.45) is 0.262. The molecule has 2 N–H and O–H groups in total. The number of rotatable bonds is 11. The number of hydrogen-bond acceptors (Lipinski definition) is 5. The van der Waals surface area contributed by atoms with Crippen LogP contribution in [0.5, 0.6) is 11.5 Å². The van der Waals surface area contributed by atoms with Gasteiger partial charge in [-0.05, 0) is 60.9 Å². The highest BCUT2D eigenvalue weighted by Gasteiger charge is 2.10. The van der Waals surface area contributed by atoms with Crippen LogP contribution in [0.1, 0.15) is 24.2 Å². The Hall–Kier alpha value is -2.18. The number of halogens is 1. The average molecular weight is 458 g/mol. The fraction of sp³-hybridized carbons (Fsp3) is 0.280. The van der Waals surface area contributed by atoms with Crippen molar-refractivity contribution in [2.45, 2.75) is 30.4 Å². The fourth-order valence-electron chi connectivity index (χ4n) is 3.18. The van der Waals surface area contributed by atoms with Gasteiger partial charge in [0, 0.05) is 22.5 Å². The highest BCUT2D eigenvalue weighted by molar-refractivity contribution is 7.80. The number of ether oxygens (including phenoxy) is 2. The molecular formula is C25H28ClNO3S. The molecule has 164 valence electrons. The van der Waals surface area contributed by atoms with Gasteiger partial charge < -0.3 is 19.9 Å². The molecule has 0 bridgehead atoms. The van der Waals surface area contributed by atoms with Crippen molar-refractivity contribution in [2.24, 2.45) is 0 Å². The van der Waals surface area contributed by atoms with E-state index in [4.69, 9.17) is 21.1 Å². The first-order valence-corrected chi connectivity index (χ1v) is 11.1. The van der Waals surface area contributed by atoms with Crippen molar-refractivity contribution in [3.8, 4) is 11.5 Å². The minimum absolute atomic E-state index is 0.218. The van der Waals surface area contributed by atoms with E-state index in [0.717, 1.165) is 28.4 Å². The summed E-state index contributed by atoms with van der Waals surface area (Å²) in [7, 11) is 0. The first-order chi connectivity index (χ1) is 15.0. The van der Waals surface area contributed by atoms with E-state index in [9.17, 15) is 5.11 Å². The van der Waals surface area contributed by atoms with E-state index in [1.54, 1.807) is 12.1 Å². The van der Waals surface area contributed by atoms with Gasteiger partial charge in [-0.1, -0.05) is 48.0 Å². The Bertz CT molecular complexity index is 952. The number of para-hydroxylation sites is 1. The minimum atomic E-state index is -0.589. The van der Waals surface area contributed by atoms with Crippen LogP contribution in [0.25, 0.3) is 0 Å². The predicted molar refractivity (Wildman–Crippen MR) is 129 cm³/mol. The highest BCUT2D eigenvalue weighted by atomic mass is 35.5. The molecule has 3 aromatic carbocycles. The molecule has 4 nitrogen and oxygen atoms in total. The number of thiol groups is 1. The van der Waals surface area contributed by atoms with Gasteiger partial charge >= 0.3 is 0 Å².